The molecule has 2 aromatic rings. The number of aromatic nitrogens is 2. The van der Waals surface area contributed by atoms with Gasteiger partial charge < -0.3 is 15.2 Å². The van der Waals surface area contributed by atoms with E-state index in [2.05, 4.69) is 10.2 Å². The largest absolute Gasteiger partial charge is 0.492 e. The maximum Gasteiger partial charge on any atom is 0.170 e. The first-order valence-electron chi connectivity index (χ1n) is 5.37. The van der Waals surface area contributed by atoms with E-state index in [1.54, 1.807) is 13.3 Å². The second kappa shape index (κ2) is 4.78. The number of hydrogen-bond donors (Lipinski definition) is 2. The molecule has 1 heterocycles. The number of H-pyrrole nitrogens is 1. The van der Waals surface area contributed by atoms with Crippen LogP contribution < -0.4 is 15.2 Å². The lowest BCUT2D eigenvalue weighted by Crippen LogP contribution is -1.98. The quantitative estimate of drug-likeness (QED) is 0.847. The molecule has 3 N–H and O–H groups in total. The van der Waals surface area contributed by atoms with Crippen LogP contribution in [0.1, 0.15) is 6.92 Å². The Hall–Kier alpha value is -2.17. The van der Waals surface area contributed by atoms with E-state index in [4.69, 9.17) is 15.2 Å². The van der Waals surface area contributed by atoms with Gasteiger partial charge in [-0.25, -0.2) is 0 Å². The maximum atomic E-state index is 5.83. The molecular formula is C12H15N3O2. The van der Waals surface area contributed by atoms with Crippen molar-refractivity contribution in [3.05, 3.63) is 24.4 Å². The van der Waals surface area contributed by atoms with E-state index in [-0.39, 0.29) is 0 Å². The number of para-hydroxylation sites is 1. The number of nitrogens with one attached hydrogen (secondary N) is 1. The number of benzene rings is 1. The first-order valence-corrected chi connectivity index (χ1v) is 5.37. The minimum Gasteiger partial charge on any atom is -0.492 e. The van der Waals surface area contributed by atoms with E-state index in [1.165, 1.54) is 0 Å². The maximum absolute atomic E-state index is 5.83. The molecule has 1 aromatic heterocycles. The summed E-state index contributed by atoms with van der Waals surface area (Å²) >= 11 is 0. The summed E-state index contributed by atoms with van der Waals surface area (Å²) in [7, 11) is 1.61. The van der Waals surface area contributed by atoms with E-state index in [1.807, 2.05) is 25.1 Å². The molecular weight excluding hydrogens is 218 g/mol. The van der Waals surface area contributed by atoms with Crippen molar-refractivity contribution < 1.29 is 9.47 Å². The van der Waals surface area contributed by atoms with E-state index in [9.17, 15) is 0 Å². The van der Waals surface area contributed by atoms with Crippen LogP contribution in [-0.2, 0) is 0 Å². The predicted molar refractivity (Wildman–Crippen MR) is 66.2 cm³/mol. The Bertz CT molecular complexity index is 508. The molecule has 0 radical (unpaired) electrons. The summed E-state index contributed by atoms with van der Waals surface area (Å²) in [6.45, 7) is 2.51. The fourth-order valence-electron chi connectivity index (χ4n) is 1.70. The lowest BCUT2D eigenvalue weighted by molar-refractivity contribution is 0.311. The molecule has 17 heavy (non-hydrogen) atoms. The number of hydrogen-bond acceptors (Lipinski definition) is 4. The third-order valence-corrected chi connectivity index (χ3v) is 2.42. The van der Waals surface area contributed by atoms with Crippen molar-refractivity contribution in [3.8, 4) is 22.8 Å². The number of nitrogens with two attached hydrogens (primary N) is 1. The van der Waals surface area contributed by atoms with Crippen LogP contribution in [0.3, 0.4) is 0 Å². The van der Waals surface area contributed by atoms with Gasteiger partial charge >= 0.3 is 0 Å². The minimum absolute atomic E-state index is 0.581. The van der Waals surface area contributed by atoms with Crippen molar-refractivity contribution in [3.63, 3.8) is 0 Å². The van der Waals surface area contributed by atoms with Crippen molar-refractivity contribution in [2.45, 2.75) is 6.92 Å². The summed E-state index contributed by atoms with van der Waals surface area (Å²) in [5, 5.41) is 6.76. The van der Waals surface area contributed by atoms with Crippen LogP contribution in [0.15, 0.2) is 24.4 Å². The lowest BCUT2D eigenvalue weighted by atomic mass is 10.1. The summed E-state index contributed by atoms with van der Waals surface area (Å²) in [4.78, 5) is 0. The van der Waals surface area contributed by atoms with E-state index < -0.39 is 0 Å². The number of nitrogens with zero attached hydrogens (tertiary/aromatic N) is 1. The first-order chi connectivity index (χ1) is 8.27. The molecule has 0 saturated carbocycles. The van der Waals surface area contributed by atoms with Crippen molar-refractivity contribution in [2.24, 2.45) is 0 Å². The van der Waals surface area contributed by atoms with Crippen LogP contribution in [0.2, 0.25) is 0 Å². The number of methoxy groups -OCH3 is 1. The number of nitrogen functional groups attached to an aromatic ring is 1. The fourth-order valence-corrected chi connectivity index (χ4v) is 1.70. The summed E-state index contributed by atoms with van der Waals surface area (Å²) < 4.78 is 10.9. The molecule has 0 amide bonds. The highest BCUT2D eigenvalue weighted by atomic mass is 16.5. The minimum atomic E-state index is 0.581. The number of rotatable bonds is 4. The normalized spacial score (nSPS) is 10.2. The summed E-state index contributed by atoms with van der Waals surface area (Å²) in [5.74, 6) is 1.35. The van der Waals surface area contributed by atoms with Gasteiger partial charge in [0.1, 0.15) is 0 Å². The zero-order valence-corrected chi connectivity index (χ0v) is 9.86. The average Bonchev–Trinajstić information content (AvgIpc) is 2.75. The highest BCUT2D eigenvalue weighted by Gasteiger charge is 2.14. The van der Waals surface area contributed by atoms with Gasteiger partial charge in [0, 0.05) is 5.56 Å². The Labute approximate surface area is 99.5 Å². The Balaban J connectivity index is 2.54. The van der Waals surface area contributed by atoms with Crippen LogP contribution in [0.25, 0.3) is 11.3 Å². The predicted octanol–water partition coefficient (Wildman–Crippen LogP) is 2.07. The number of aromatic amines is 1. The van der Waals surface area contributed by atoms with Crippen LogP contribution in [0.4, 0.5) is 5.69 Å². The van der Waals surface area contributed by atoms with Crippen molar-refractivity contribution in [1.29, 1.82) is 0 Å². The van der Waals surface area contributed by atoms with E-state index in [0.29, 0.717) is 23.8 Å². The zero-order chi connectivity index (χ0) is 12.3. The molecule has 0 aliphatic rings. The highest BCUT2D eigenvalue weighted by molar-refractivity contribution is 5.78. The summed E-state index contributed by atoms with van der Waals surface area (Å²) in [5.41, 5.74) is 7.99. The van der Waals surface area contributed by atoms with Crippen molar-refractivity contribution >= 4 is 5.69 Å². The Morgan fingerprint density at radius 3 is 2.82 bits per heavy atom. The highest BCUT2D eigenvalue weighted by Crippen LogP contribution is 2.38. The molecule has 0 atom stereocenters. The third kappa shape index (κ3) is 2.04. The van der Waals surface area contributed by atoms with Crippen LogP contribution in [-0.4, -0.2) is 23.9 Å². The SMILES string of the molecule is CCOc1cccc(-c2[nH]ncc2N)c1OC. The van der Waals surface area contributed by atoms with Gasteiger partial charge in [-0.15, -0.1) is 0 Å². The van der Waals surface area contributed by atoms with Crippen LogP contribution in [0.5, 0.6) is 11.5 Å². The van der Waals surface area contributed by atoms with Gasteiger partial charge in [0.2, 0.25) is 0 Å². The molecule has 1 aromatic carbocycles. The molecule has 5 nitrogen and oxygen atoms in total. The second-order valence-electron chi connectivity index (χ2n) is 3.47. The fraction of sp³-hybridized carbons (Fsp3) is 0.250. The van der Waals surface area contributed by atoms with Crippen molar-refractivity contribution in [1.82, 2.24) is 10.2 Å². The molecule has 2 rings (SSSR count). The molecule has 0 bridgehead atoms. The second-order valence-corrected chi connectivity index (χ2v) is 3.47. The smallest absolute Gasteiger partial charge is 0.170 e. The number of anilines is 1. The van der Waals surface area contributed by atoms with Crippen molar-refractivity contribution in [2.75, 3.05) is 19.5 Å². The molecule has 0 fully saturated rings. The number of ether oxygens (including phenoxy) is 2. The Kier molecular flexibility index (Phi) is 3.18. The van der Waals surface area contributed by atoms with Gasteiger partial charge in [0.05, 0.1) is 31.3 Å². The lowest BCUT2D eigenvalue weighted by Gasteiger charge is -2.12. The Morgan fingerprint density at radius 1 is 1.41 bits per heavy atom. The molecule has 0 spiro atoms. The summed E-state index contributed by atoms with van der Waals surface area (Å²) in [6.07, 6.45) is 1.57. The first kappa shape index (κ1) is 11.3. The molecule has 0 aliphatic carbocycles. The topological polar surface area (TPSA) is 73.2 Å². The van der Waals surface area contributed by atoms with E-state index >= 15 is 0 Å². The van der Waals surface area contributed by atoms with Gasteiger partial charge in [-0.1, -0.05) is 6.07 Å². The zero-order valence-electron chi connectivity index (χ0n) is 9.86. The Morgan fingerprint density at radius 2 is 2.24 bits per heavy atom. The van der Waals surface area contributed by atoms with Gasteiger partial charge in [0.25, 0.3) is 0 Å². The summed E-state index contributed by atoms with van der Waals surface area (Å²) in [6, 6.07) is 5.66. The molecule has 0 unspecified atom stereocenters. The standard InChI is InChI=1S/C12H15N3O2/c1-3-17-10-6-4-5-8(12(10)16-2)11-9(13)7-14-15-11/h4-7H,3,13H2,1-2H3,(H,14,15). The van der Waals surface area contributed by atoms with Crippen LogP contribution in [0, 0.1) is 0 Å². The average molecular weight is 233 g/mol. The van der Waals surface area contributed by atoms with Crippen LogP contribution >= 0.6 is 0 Å². The molecule has 0 saturated heterocycles. The third-order valence-electron chi connectivity index (χ3n) is 2.42. The van der Waals surface area contributed by atoms with Gasteiger partial charge in [-0.05, 0) is 19.1 Å². The molecule has 90 valence electrons. The van der Waals surface area contributed by atoms with E-state index in [0.717, 1.165) is 11.3 Å². The van der Waals surface area contributed by atoms with Gasteiger partial charge in [-0.2, -0.15) is 5.10 Å². The monoisotopic (exact) mass is 233 g/mol. The van der Waals surface area contributed by atoms with Gasteiger partial charge in [-0.3, -0.25) is 5.10 Å². The molecule has 5 heteroatoms. The molecule has 0 aliphatic heterocycles. The van der Waals surface area contributed by atoms with Gasteiger partial charge in [0.15, 0.2) is 11.5 Å².